The summed E-state index contributed by atoms with van der Waals surface area (Å²) in [5.41, 5.74) is 0. The third-order valence-corrected chi connectivity index (χ3v) is 3.11. The second-order valence-corrected chi connectivity index (χ2v) is 4.62. The fourth-order valence-corrected chi connectivity index (χ4v) is 1.98. The normalized spacial score (nSPS) is 15.9. The van der Waals surface area contributed by atoms with Gasteiger partial charge >= 0.3 is 12.0 Å². The van der Waals surface area contributed by atoms with Gasteiger partial charge in [-0.05, 0) is 19.3 Å². The predicted octanol–water partition coefficient (Wildman–Crippen LogP) is 0.161. The number of likely N-dealkylation sites (tertiary alicyclic amines) is 1. The van der Waals surface area contributed by atoms with E-state index in [1.54, 1.807) is 11.8 Å². The SMILES string of the molecule is CCC(CC(=O)O)NC(=O)NCC(=O)N1CCCC1. The summed E-state index contributed by atoms with van der Waals surface area (Å²) in [7, 11) is 0. The van der Waals surface area contributed by atoms with Gasteiger partial charge in [0.2, 0.25) is 5.91 Å². The molecule has 0 aromatic rings. The molecule has 1 aliphatic heterocycles. The molecule has 0 spiro atoms. The van der Waals surface area contributed by atoms with Crippen LogP contribution >= 0.6 is 0 Å². The third-order valence-electron chi connectivity index (χ3n) is 3.11. The molecule has 0 bridgehead atoms. The number of hydrogen-bond acceptors (Lipinski definition) is 3. The summed E-state index contributed by atoms with van der Waals surface area (Å²) in [5.74, 6) is -1.06. The van der Waals surface area contributed by atoms with Gasteiger partial charge in [-0.2, -0.15) is 0 Å². The van der Waals surface area contributed by atoms with Crippen LogP contribution in [0, 0.1) is 0 Å². The van der Waals surface area contributed by atoms with Gasteiger partial charge in [-0.3, -0.25) is 9.59 Å². The predicted molar refractivity (Wildman–Crippen MR) is 68.7 cm³/mol. The van der Waals surface area contributed by atoms with Crippen molar-refractivity contribution < 1.29 is 19.5 Å². The van der Waals surface area contributed by atoms with Crippen LogP contribution in [0.4, 0.5) is 4.79 Å². The molecule has 3 N–H and O–H groups in total. The van der Waals surface area contributed by atoms with E-state index in [1.165, 1.54) is 0 Å². The molecule has 0 saturated carbocycles. The van der Waals surface area contributed by atoms with E-state index in [2.05, 4.69) is 10.6 Å². The lowest BCUT2D eigenvalue weighted by atomic mass is 10.1. The first-order chi connectivity index (χ1) is 9.02. The monoisotopic (exact) mass is 271 g/mol. The van der Waals surface area contributed by atoms with Gasteiger partial charge in [-0.1, -0.05) is 6.92 Å². The smallest absolute Gasteiger partial charge is 0.315 e. The van der Waals surface area contributed by atoms with Crippen molar-refractivity contribution in [1.29, 1.82) is 0 Å². The van der Waals surface area contributed by atoms with Gasteiger partial charge in [-0.15, -0.1) is 0 Å². The standard InChI is InChI=1S/C12H21N3O4/c1-2-9(7-11(17)18)14-12(19)13-8-10(16)15-5-3-4-6-15/h9H,2-8H2,1H3,(H,17,18)(H2,13,14,19). The molecule has 1 atom stereocenters. The number of nitrogens with one attached hydrogen (secondary N) is 2. The third kappa shape index (κ3) is 5.58. The highest BCUT2D eigenvalue weighted by Gasteiger charge is 2.19. The fourth-order valence-electron chi connectivity index (χ4n) is 1.98. The summed E-state index contributed by atoms with van der Waals surface area (Å²) in [6.45, 7) is 3.25. The number of carbonyl (C=O) groups excluding carboxylic acids is 2. The minimum Gasteiger partial charge on any atom is -0.481 e. The minimum atomic E-state index is -0.958. The van der Waals surface area contributed by atoms with Crippen molar-refractivity contribution in [2.24, 2.45) is 0 Å². The zero-order valence-electron chi connectivity index (χ0n) is 11.1. The molecule has 1 saturated heterocycles. The Bertz CT molecular complexity index is 340. The first kappa shape index (κ1) is 15.3. The quantitative estimate of drug-likeness (QED) is 0.641. The van der Waals surface area contributed by atoms with E-state index in [-0.39, 0.29) is 18.9 Å². The number of urea groups is 1. The van der Waals surface area contributed by atoms with Crippen molar-refractivity contribution in [3.63, 3.8) is 0 Å². The molecule has 0 radical (unpaired) electrons. The molecule has 7 heteroatoms. The lowest BCUT2D eigenvalue weighted by Crippen LogP contribution is -2.46. The van der Waals surface area contributed by atoms with Crippen LogP contribution in [0.25, 0.3) is 0 Å². The van der Waals surface area contributed by atoms with E-state index in [9.17, 15) is 14.4 Å². The Balaban J connectivity index is 2.26. The Morgan fingerprint density at radius 2 is 1.89 bits per heavy atom. The van der Waals surface area contributed by atoms with Crippen LogP contribution in [-0.4, -0.2) is 53.6 Å². The van der Waals surface area contributed by atoms with Crippen molar-refractivity contribution in [2.45, 2.75) is 38.6 Å². The van der Waals surface area contributed by atoms with Gasteiger partial charge in [0, 0.05) is 19.1 Å². The molecule has 1 aliphatic rings. The van der Waals surface area contributed by atoms with Crippen LogP contribution in [0.1, 0.15) is 32.6 Å². The average molecular weight is 271 g/mol. The van der Waals surface area contributed by atoms with E-state index in [1.807, 2.05) is 0 Å². The number of carboxylic acid groups (broad SMARTS) is 1. The number of carboxylic acids is 1. The Morgan fingerprint density at radius 3 is 2.42 bits per heavy atom. The second-order valence-electron chi connectivity index (χ2n) is 4.62. The molecule has 1 unspecified atom stereocenters. The van der Waals surface area contributed by atoms with Crippen LogP contribution in [0.3, 0.4) is 0 Å². The number of rotatable bonds is 6. The Kier molecular flexibility index (Phi) is 6.11. The molecular formula is C12H21N3O4. The van der Waals surface area contributed by atoms with Gasteiger partial charge in [0.25, 0.3) is 0 Å². The summed E-state index contributed by atoms with van der Waals surface area (Å²) in [4.78, 5) is 35.5. The topological polar surface area (TPSA) is 98.7 Å². The van der Waals surface area contributed by atoms with Crippen molar-refractivity contribution in [3.8, 4) is 0 Å². The maximum Gasteiger partial charge on any atom is 0.315 e. The summed E-state index contributed by atoms with van der Waals surface area (Å²) < 4.78 is 0. The Morgan fingerprint density at radius 1 is 1.26 bits per heavy atom. The molecule has 0 aromatic carbocycles. The van der Waals surface area contributed by atoms with E-state index in [0.29, 0.717) is 6.42 Å². The number of carbonyl (C=O) groups is 3. The molecule has 1 rings (SSSR count). The number of aliphatic carboxylic acids is 1. The Hall–Kier alpha value is -1.79. The largest absolute Gasteiger partial charge is 0.481 e. The van der Waals surface area contributed by atoms with Crippen molar-refractivity contribution in [1.82, 2.24) is 15.5 Å². The molecule has 19 heavy (non-hydrogen) atoms. The van der Waals surface area contributed by atoms with Gasteiger partial charge < -0.3 is 20.6 Å². The minimum absolute atomic E-state index is 0.0463. The second kappa shape index (κ2) is 7.60. The molecule has 0 aromatic heterocycles. The van der Waals surface area contributed by atoms with E-state index < -0.39 is 18.0 Å². The Labute approximate surface area is 112 Å². The average Bonchev–Trinajstić information content (AvgIpc) is 2.88. The number of hydrogen-bond donors (Lipinski definition) is 3. The molecule has 108 valence electrons. The van der Waals surface area contributed by atoms with Crippen LogP contribution in [0.15, 0.2) is 0 Å². The fraction of sp³-hybridized carbons (Fsp3) is 0.750. The number of nitrogens with zero attached hydrogens (tertiary/aromatic N) is 1. The zero-order chi connectivity index (χ0) is 14.3. The summed E-state index contributed by atoms with van der Waals surface area (Å²) in [5, 5.41) is 13.7. The van der Waals surface area contributed by atoms with E-state index >= 15 is 0 Å². The molecule has 0 aliphatic carbocycles. The maximum absolute atomic E-state index is 11.7. The lowest BCUT2D eigenvalue weighted by Gasteiger charge is -2.18. The summed E-state index contributed by atoms with van der Waals surface area (Å²) >= 11 is 0. The van der Waals surface area contributed by atoms with Crippen LogP contribution < -0.4 is 10.6 Å². The van der Waals surface area contributed by atoms with Gasteiger partial charge in [-0.25, -0.2) is 4.79 Å². The first-order valence-electron chi connectivity index (χ1n) is 6.56. The van der Waals surface area contributed by atoms with E-state index in [0.717, 1.165) is 25.9 Å². The van der Waals surface area contributed by atoms with Crippen molar-refractivity contribution in [3.05, 3.63) is 0 Å². The van der Waals surface area contributed by atoms with Crippen molar-refractivity contribution in [2.75, 3.05) is 19.6 Å². The highest BCUT2D eigenvalue weighted by atomic mass is 16.4. The van der Waals surface area contributed by atoms with Crippen LogP contribution in [0.5, 0.6) is 0 Å². The molecule has 7 nitrogen and oxygen atoms in total. The van der Waals surface area contributed by atoms with Crippen LogP contribution in [-0.2, 0) is 9.59 Å². The lowest BCUT2D eigenvalue weighted by molar-refractivity contribution is -0.137. The van der Waals surface area contributed by atoms with Gasteiger partial charge in [0.15, 0.2) is 0 Å². The molecule has 1 fully saturated rings. The van der Waals surface area contributed by atoms with Gasteiger partial charge in [0.1, 0.15) is 0 Å². The summed E-state index contributed by atoms with van der Waals surface area (Å²) in [6, 6.07) is -0.917. The highest BCUT2D eigenvalue weighted by molar-refractivity contribution is 5.84. The summed E-state index contributed by atoms with van der Waals surface area (Å²) in [6.07, 6.45) is 2.42. The maximum atomic E-state index is 11.7. The first-order valence-corrected chi connectivity index (χ1v) is 6.56. The highest BCUT2D eigenvalue weighted by Crippen LogP contribution is 2.06. The molecule has 1 heterocycles. The van der Waals surface area contributed by atoms with Crippen molar-refractivity contribution >= 4 is 17.9 Å². The van der Waals surface area contributed by atoms with Crippen LogP contribution in [0.2, 0.25) is 0 Å². The molecular weight excluding hydrogens is 250 g/mol. The molecule has 3 amide bonds. The van der Waals surface area contributed by atoms with E-state index in [4.69, 9.17) is 5.11 Å². The zero-order valence-corrected chi connectivity index (χ0v) is 11.1. The number of amides is 3. The van der Waals surface area contributed by atoms with Gasteiger partial charge in [0.05, 0.1) is 13.0 Å².